The lowest BCUT2D eigenvalue weighted by Gasteiger charge is -2.11. The standard InChI is InChI=1S/C15H12F2O5S/c16-12-4-2-10(8-13(12)17)22-23(18,19)11-3-5-14-15(9-11)21-7-1-6-20-14/h2-5,8-9H,1,6-7H2. The molecule has 0 radical (unpaired) electrons. The molecular formula is C15H12F2O5S. The predicted molar refractivity (Wildman–Crippen MR) is 76.2 cm³/mol. The van der Waals surface area contributed by atoms with Gasteiger partial charge in [0.1, 0.15) is 10.6 Å². The number of halogens is 2. The molecule has 3 rings (SSSR count). The molecule has 0 atom stereocenters. The van der Waals surface area contributed by atoms with Crippen molar-refractivity contribution in [2.24, 2.45) is 0 Å². The molecule has 1 aliphatic heterocycles. The van der Waals surface area contributed by atoms with Gasteiger partial charge in [-0.25, -0.2) is 8.78 Å². The number of ether oxygens (including phenoxy) is 2. The van der Waals surface area contributed by atoms with Crippen molar-refractivity contribution in [3.05, 3.63) is 48.0 Å². The average Bonchev–Trinajstić information content (AvgIpc) is 2.75. The van der Waals surface area contributed by atoms with Crippen molar-refractivity contribution in [2.75, 3.05) is 13.2 Å². The van der Waals surface area contributed by atoms with Crippen LogP contribution in [0.4, 0.5) is 8.78 Å². The van der Waals surface area contributed by atoms with Crippen molar-refractivity contribution >= 4 is 10.1 Å². The summed E-state index contributed by atoms with van der Waals surface area (Å²) in [5, 5.41) is 0. The lowest BCUT2D eigenvalue weighted by molar-refractivity contribution is 0.296. The molecule has 0 aromatic heterocycles. The summed E-state index contributed by atoms with van der Waals surface area (Å²) in [6.45, 7) is 0.880. The summed E-state index contributed by atoms with van der Waals surface area (Å²) in [6.07, 6.45) is 0.683. The molecule has 0 amide bonds. The van der Waals surface area contributed by atoms with Gasteiger partial charge in [-0.05, 0) is 24.3 Å². The van der Waals surface area contributed by atoms with Crippen LogP contribution in [-0.4, -0.2) is 21.6 Å². The quantitative estimate of drug-likeness (QED) is 0.803. The van der Waals surface area contributed by atoms with Crippen LogP contribution in [0.2, 0.25) is 0 Å². The van der Waals surface area contributed by atoms with E-state index in [4.69, 9.17) is 13.7 Å². The minimum atomic E-state index is -4.21. The second-order valence-electron chi connectivity index (χ2n) is 4.77. The Hall–Kier alpha value is -2.35. The van der Waals surface area contributed by atoms with E-state index in [9.17, 15) is 17.2 Å². The first kappa shape index (κ1) is 15.5. The Kier molecular flexibility index (Phi) is 4.08. The van der Waals surface area contributed by atoms with Crippen molar-refractivity contribution in [1.82, 2.24) is 0 Å². The summed E-state index contributed by atoms with van der Waals surface area (Å²) in [4.78, 5) is -0.175. The molecule has 5 nitrogen and oxygen atoms in total. The van der Waals surface area contributed by atoms with E-state index in [-0.39, 0.29) is 16.4 Å². The van der Waals surface area contributed by atoms with Gasteiger partial charge in [0.15, 0.2) is 23.1 Å². The van der Waals surface area contributed by atoms with Gasteiger partial charge in [-0.2, -0.15) is 8.42 Å². The maximum atomic E-state index is 13.1. The molecule has 0 N–H and O–H groups in total. The van der Waals surface area contributed by atoms with Crippen LogP contribution < -0.4 is 13.7 Å². The summed E-state index contributed by atoms with van der Waals surface area (Å²) >= 11 is 0. The van der Waals surface area contributed by atoms with Gasteiger partial charge in [-0.15, -0.1) is 0 Å². The molecule has 0 saturated heterocycles. The first-order valence-corrected chi connectivity index (χ1v) is 8.16. The highest BCUT2D eigenvalue weighted by molar-refractivity contribution is 7.87. The lowest BCUT2D eigenvalue weighted by atomic mass is 10.3. The van der Waals surface area contributed by atoms with Crippen molar-refractivity contribution in [1.29, 1.82) is 0 Å². The molecule has 0 spiro atoms. The average molecular weight is 342 g/mol. The Morgan fingerprint density at radius 3 is 2.39 bits per heavy atom. The second-order valence-corrected chi connectivity index (χ2v) is 6.32. The zero-order chi connectivity index (χ0) is 16.4. The van der Waals surface area contributed by atoms with Crippen LogP contribution in [0.5, 0.6) is 17.2 Å². The summed E-state index contributed by atoms with van der Waals surface area (Å²) in [7, 11) is -4.21. The van der Waals surface area contributed by atoms with Crippen molar-refractivity contribution in [2.45, 2.75) is 11.3 Å². The third kappa shape index (κ3) is 3.37. The fraction of sp³-hybridized carbons (Fsp3) is 0.200. The van der Waals surface area contributed by atoms with Crippen LogP contribution in [0.15, 0.2) is 41.3 Å². The van der Waals surface area contributed by atoms with Gasteiger partial charge < -0.3 is 13.7 Å². The molecule has 0 saturated carbocycles. The smallest absolute Gasteiger partial charge is 0.339 e. The van der Waals surface area contributed by atoms with Crippen molar-refractivity contribution in [3.63, 3.8) is 0 Å². The zero-order valence-corrected chi connectivity index (χ0v) is 12.6. The molecule has 1 heterocycles. The molecule has 122 valence electrons. The molecule has 1 aliphatic rings. The number of hydrogen-bond acceptors (Lipinski definition) is 5. The summed E-state index contributed by atoms with van der Waals surface area (Å²) in [6, 6.07) is 6.50. The maximum absolute atomic E-state index is 13.1. The first-order valence-electron chi connectivity index (χ1n) is 6.75. The van der Waals surface area contributed by atoms with Gasteiger partial charge >= 0.3 is 10.1 Å². The number of hydrogen-bond donors (Lipinski definition) is 0. The van der Waals surface area contributed by atoms with Crippen LogP contribution in [0.25, 0.3) is 0 Å². The van der Waals surface area contributed by atoms with E-state index < -0.39 is 21.8 Å². The third-order valence-corrected chi connectivity index (χ3v) is 4.35. The molecule has 0 bridgehead atoms. The fourth-order valence-corrected chi connectivity index (χ4v) is 2.94. The lowest BCUT2D eigenvalue weighted by Crippen LogP contribution is -2.10. The molecule has 0 fully saturated rings. The van der Waals surface area contributed by atoms with Crippen LogP contribution in [0.3, 0.4) is 0 Å². The monoisotopic (exact) mass is 342 g/mol. The van der Waals surface area contributed by atoms with E-state index >= 15 is 0 Å². The molecule has 8 heteroatoms. The Morgan fingerprint density at radius 1 is 0.913 bits per heavy atom. The molecule has 0 unspecified atom stereocenters. The van der Waals surface area contributed by atoms with Crippen molar-refractivity contribution in [3.8, 4) is 17.2 Å². The fourth-order valence-electron chi connectivity index (χ4n) is 2.00. The summed E-state index contributed by atoms with van der Waals surface area (Å²) < 4.78 is 66.1. The van der Waals surface area contributed by atoms with Gasteiger partial charge in [-0.1, -0.05) is 0 Å². The van der Waals surface area contributed by atoms with Gasteiger partial charge in [0.2, 0.25) is 0 Å². The maximum Gasteiger partial charge on any atom is 0.339 e. The minimum Gasteiger partial charge on any atom is -0.490 e. The highest BCUT2D eigenvalue weighted by Gasteiger charge is 2.21. The van der Waals surface area contributed by atoms with E-state index in [0.717, 1.165) is 12.1 Å². The van der Waals surface area contributed by atoms with Crippen molar-refractivity contribution < 1.29 is 30.9 Å². The predicted octanol–water partition coefficient (Wildman–Crippen LogP) is 2.89. The molecule has 2 aromatic rings. The Balaban J connectivity index is 1.90. The molecule has 0 aliphatic carbocycles. The summed E-state index contributed by atoms with van der Waals surface area (Å²) in [5.41, 5.74) is 0. The topological polar surface area (TPSA) is 61.8 Å². The largest absolute Gasteiger partial charge is 0.490 e. The minimum absolute atomic E-state index is 0.175. The van der Waals surface area contributed by atoms with E-state index in [1.807, 2.05) is 0 Å². The number of benzene rings is 2. The summed E-state index contributed by atoms with van der Waals surface area (Å²) in [5.74, 6) is -1.88. The van der Waals surface area contributed by atoms with E-state index in [2.05, 4.69) is 0 Å². The van der Waals surface area contributed by atoms with Crippen LogP contribution in [-0.2, 0) is 10.1 Å². The second kappa shape index (κ2) is 6.04. The zero-order valence-electron chi connectivity index (χ0n) is 11.8. The van der Waals surface area contributed by atoms with Crippen LogP contribution >= 0.6 is 0 Å². The molecule has 23 heavy (non-hydrogen) atoms. The van der Waals surface area contributed by atoms with Crippen LogP contribution in [0.1, 0.15) is 6.42 Å². The Labute approximate surface area is 131 Å². The Morgan fingerprint density at radius 2 is 1.65 bits per heavy atom. The van der Waals surface area contributed by atoms with Gasteiger partial charge in [0.05, 0.1) is 13.2 Å². The van der Waals surface area contributed by atoms with E-state index in [1.54, 1.807) is 0 Å². The number of fused-ring (bicyclic) bond motifs is 1. The van der Waals surface area contributed by atoms with Crippen LogP contribution in [0, 0.1) is 11.6 Å². The first-order chi connectivity index (χ1) is 11.0. The van der Waals surface area contributed by atoms with Gasteiger partial charge in [0.25, 0.3) is 0 Å². The molecule has 2 aromatic carbocycles. The number of rotatable bonds is 3. The normalized spacial score (nSPS) is 14.2. The third-order valence-electron chi connectivity index (χ3n) is 3.10. The Bertz CT molecular complexity index is 836. The SMILES string of the molecule is O=S(=O)(Oc1ccc(F)c(F)c1)c1ccc2c(c1)OCCCO2. The van der Waals surface area contributed by atoms with E-state index in [1.165, 1.54) is 18.2 Å². The highest BCUT2D eigenvalue weighted by atomic mass is 32.2. The van der Waals surface area contributed by atoms with Gasteiger partial charge in [-0.3, -0.25) is 0 Å². The van der Waals surface area contributed by atoms with E-state index in [0.29, 0.717) is 31.5 Å². The molecular weight excluding hydrogens is 330 g/mol. The van der Waals surface area contributed by atoms with Gasteiger partial charge in [0, 0.05) is 18.6 Å². The highest BCUT2D eigenvalue weighted by Crippen LogP contribution is 2.32.